The molecule has 0 fully saturated rings. The molecule has 1 amide bonds. The number of anilines is 1. The van der Waals surface area contributed by atoms with Crippen LogP contribution in [-0.2, 0) is 9.53 Å². The van der Waals surface area contributed by atoms with Gasteiger partial charge in [0.25, 0.3) is 5.91 Å². The van der Waals surface area contributed by atoms with E-state index in [1.165, 1.54) is 4.90 Å². The molecule has 0 aromatic heterocycles. The van der Waals surface area contributed by atoms with Crippen molar-refractivity contribution in [2.45, 2.75) is 6.23 Å². The summed E-state index contributed by atoms with van der Waals surface area (Å²) in [6.45, 7) is -0.463. The van der Waals surface area contributed by atoms with Crippen LogP contribution in [0.25, 0.3) is 0 Å². The molecule has 1 aliphatic rings. The van der Waals surface area contributed by atoms with Crippen molar-refractivity contribution in [1.29, 1.82) is 0 Å². The second-order valence-corrected chi connectivity index (χ2v) is 4.66. The summed E-state index contributed by atoms with van der Waals surface area (Å²) in [7, 11) is 0. The first-order chi connectivity index (χ1) is 10.2. The van der Waals surface area contributed by atoms with E-state index >= 15 is 0 Å². The van der Waals surface area contributed by atoms with Gasteiger partial charge in [-0.15, -0.1) is 0 Å². The minimum absolute atomic E-state index is 0.188. The van der Waals surface area contributed by atoms with Crippen LogP contribution < -0.4 is 4.90 Å². The van der Waals surface area contributed by atoms with Gasteiger partial charge in [-0.25, -0.2) is 4.79 Å². The van der Waals surface area contributed by atoms with Crippen molar-refractivity contribution < 1.29 is 19.4 Å². The molecule has 3 rings (SSSR count). The number of aliphatic carboxylic acids is 1. The number of ether oxygens (including phenoxy) is 1. The first kappa shape index (κ1) is 13.3. The smallest absolute Gasteiger partial charge is 0.329 e. The number of amides is 1. The van der Waals surface area contributed by atoms with Crippen LogP contribution in [0.3, 0.4) is 0 Å². The van der Waals surface area contributed by atoms with Crippen molar-refractivity contribution in [3.63, 3.8) is 0 Å². The van der Waals surface area contributed by atoms with Gasteiger partial charge in [-0.3, -0.25) is 9.69 Å². The van der Waals surface area contributed by atoms with E-state index in [2.05, 4.69) is 0 Å². The third-order valence-corrected chi connectivity index (χ3v) is 3.31. The van der Waals surface area contributed by atoms with Crippen molar-refractivity contribution in [2.75, 3.05) is 11.5 Å². The number of rotatable bonds is 4. The minimum atomic E-state index is -1.07. The summed E-state index contributed by atoms with van der Waals surface area (Å²) < 4.78 is 5.43. The zero-order valence-electron chi connectivity index (χ0n) is 11.1. The molecule has 1 heterocycles. The van der Waals surface area contributed by atoms with Crippen LogP contribution in [0.2, 0.25) is 0 Å². The Morgan fingerprint density at radius 3 is 2.48 bits per heavy atom. The van der Waals surface area contributed by atoms with Crippen molar-refractivity contribution >= 4 is 17.6 Å². The lowest BCUT2D eigenvalue weighted by Crippen LogP contribution is -2.30. The van der Waals surface area contributed by atoms with Gasteiger partial charge in [0.15, 0.2) is 6.23 Å². The normalized spacial score (nSPS) is 16.9. The second-order valence-electron chi connectivity index (χ2n) is 4.66. The topological polar surface area (TPSA) is 66.8 Å². The van der Waals surface area contributed by atoms with Gasteiger partial charge in [0.1, 0.15) is 6.61 Å². The van der Waals surface area contributed by atoms with E-state index in [1.807, 2.05) is 18.2 Å². The van der Waals surface area contributed by atoms with Crippen molar-refractivity contribution in [3.8, 4) is 0 Å². The Kier molecular flexibility index (Phi) is 3.41. The predicted molar refractivity (Wildman–Crippen MR) is 76.0 cm³/mol. The molecular weight excluding hydrogens is 270 g/mol. The summed E-state index contributed by atoms with van der Waals surface area (Å²) in [5.41, 5.74) is 1.90. The molecule has 1 atom stereocenters. The van der Waals surface area contributed by atoms with Gasteiger partial charge in [0.2, 0.25) is 0 Å². The molecular formula is C16H13NO4. The summed E-state index contributed by atoms with van der Waals surface area (Å²) in [5.74, 6) is -1.26. The molecule has 1 unspecified atom stereocenters. The Balaban J connectivity index is 2.02. The number of carbonyl (C=O) groups is 2. The first-order valence-corrected chi connectivity index (χ1v) is 6.49. The van der Waals surface area contributed by atoms with Crippen molar-refractivity contribution in [3.05, 3.63) is 65.7 Å². The number of para-hydroxylation sites is 1. The molecule has 21 heavy (non-hydrogen) atoms. The molecule has 0 saturated carbocycles. The molecule has 2 aromatic rings. The van der Waals surface area contributed by atoms with Gasteiger partial charge in [-0.1, -0.05) is 36.4 Å². The van der Waals surface area contributed by atoms with E-state index in [0.717, 1.165) is 0 Å². The molecule has 1 aliphatic heterocycles. The minimum Gasteiger partial charge on any atom is -0.480 e. The highest BCUT2D eigenvalue weighted by Gasteiger charge is 2.38. The Morgan fingerprint density at radius 1 is 1.10 bits per heavy atom. The van der Waals surface area contributed by atoms with Crippen LogP contribution in [-0.4, -0.2) is 23.6 Å². The molecule has 0 radical (unpaired) electrons. The van der Waals surface area contributed by atoms with Crippen LogP contribution in [0.15, 0.2) is 54.6 Å². The fourth-order valence-electron chi connectivity index (χ4n) is 2.44. The fraction of sp³-hybridized carbons (Fsp3) is 0.125. The van der Waals surface area contributed by atoms with Gasteiger partial charge in [-0.05, 0) is 18.2 Å². The molecule has 106 valence electrons. The van der Waals surface area contributed by atoms with Crippen molar-refractivity contribution in [2.24, 2.45) is 0 Å². The molecule has 5 nitrogen and oxygen atoms in total. The van der Waals surface area contributed by atoms with Gasteiger partial charge < -0.3 is 9.84 Å². The number of carboxylic acid groups (broad SMARTS) is 1. The summed E-state index contributed by atoms with van der Waals surface area (Å²) in [6.07, 6.45) is -0.716. The van der Waals surface area contributed by atoms with E-state index < -0.39 is 18.8 Å². The van der Waals surface area contributed by atoms with Crippen LogP contribution >= 0.6 is 0 Å². The molecule has 5 heteroatoms. The van der Waals surface area contributed by atoms with E-state index in [9.17, 15) is 9.59 Å². The summed E-state index contributed by atoms with van der Waals surface area (Å²) in [5, 5.41) is 8.82. The number of carbonyl (C=O) groups excluding carboxylic acids is 1. The monoisotopic (exact) mass is 283 g/mol. The highest BCUT2D eigenvalue weighted by molar-refractivity contribution is 6.10. The van der Waals surface area contributed by atoms with Gasteiger partial charge in [0.05, 0.1) is 0 Å². The number of hydrogen-bond acceptors (Lipinski definition) is 3. The average Bonchev–Trinajstić information content (AvgIpc) is 2.79. The largest absolute Gasteiger partial charge is 0.480 e. The Morgan fingerprint density at radius 2 is 1.76 bits per heavy atom. The quantitative estimate of drug-likeness (QED) is 0.936. The predicted octanol–water partition coefficient (Wildman–Crippen LogP) is 2.45. The van der Waals surface area contributed by atoms with E-state index in [0.29, 0.717) is 16.8 Å². The zero-order valence-corrected chi connectivity index (χ0v) is 11.1. The second kappa shape index (κ2) is 5.38. The third kappa shape index (κ3) is 2.39. The number of fused-ring (bicyclic) bond motifs is 1. The Bertz CT molecular complexity index is 684. The van der Waals surface area contributed by atoms with Crippen LogP contribution in [0.4, 0.5) is 5.69 Å². The average molecular weight is 283 g/mol. The van der Waals surface area contributed by atoms with E-state index in [-0.39, 0.29) is 5.91 Å². The van der Waals surface area contributed by atoms with Gasteiger partial charge >= 0.3 is 5.97 Å². The number of carboxylic acids is 1. The third-order valence-electron chi connectivity index (χ3n) is 3.31. The number of nitrogens with zero attached hydrogens (tertiary/aromatic N) is 1. The molecule has 0 aliphatic carbocycles. The summed E-state index contributed by atoms with van der Waals surface area (Å²) in [4.78, 5) is 24.8. The number of hydrogen-bond donors (Lipinski definition) is 1. The SMILES string of the molecule is O=C(O)COC1c2ccccc2C(=O)N1c1ccccc1. The molecule has 0 bridgehead atoms. The van der Waals surface area contributed by atoms with Crippen LogP contribution in [0.5, 0.6) is 0 Å². The lowest BCUT2D eigenvalue weighted by Gasteiger charge is -2.24. The zero-order chi connectivity index (χ0) is 14.8. The Labute approximate surface area is 121 Å². The first-order valence-electron chi connectivity index (χ1n) is 6.49. The fourth-order valence-corrected chi connectivity index (χ4v) is 2.44. The van der Waals surface area contributed by atoms with E-state index in [1.54, 1.807) is 36.4 Å². The Hall–Kier alpha value is -2.66. The molecule has 1 N–H and O–H groups in total. The maximum absolute atomic E-state index is 12.6. The number of benzene rings is 2. The molecule has 0 spiro atoms. The van der Waals surface area contributed by atoms with Crippen LogP contribution in [0.1, 0.15) is 22.1 Å². The molecule has 2 aromatic carbocycles. The highest BCUT2D eigenvalue weighted by Crippen LogP contribution is 2.37. The standard InChI is InChI=1S/C16H13NO4/c18-14(19)10-21-16-13-9-5-4-8-12(13)15(20)17(16)11-6-2-1-3-7-11/h1-9,16H,10H2,(H,18,19). The highest BCUT2D eigenvalue weighted by atomic mass is 16.5. The summed E-state index contributed by atoms with van der Waals surface area (Å²) in [6, 6.07) is 16.2. The molecule has 0 saturated heterocycles. The van der Waals surface area contributed by atoms with Gasteiger partial charge in [-0.2, -0.15) is 0 Å². The van der Waals surface area contributed by atoms with Crippen molar-refractivity contribution in [1.82, 2.24) is 0 Å². The maximum Gasteiger partial charge on any atom is 0.329 e. The summed E-state index contributed by atoms with van der Waals surface area (Å²) >= 11 is 0. The lowest BCUT2D eigenvalue weighted by atomic mass is 10.1. The maximum atomic E-state index is 12.6. The lowest BCUT2D eigenvalue weighted by molar-refractivity contribution is -0.144. The van der Waals surface area contributed by atoms with Gasteiger partial charge in [0, 0.05) is 16.8 Å². The van der Waals surface area contributed by atoms with E-state index in [4.69, 9.17) is 9.84 Å². The van der Waals surface area contributed by atoms with Crippen LogP contribution in [0, 0.1) is 0 Å².